The molecule has 1 aromatic heterocycles. The number of hydrogen-bond acceptors (Lipinski definition) is 4. The Labute approximate surface area is 128 Å². The van der Waals surface area contributed by atoms with Crippen LogP contribution in [0.4, 0.5) is 0 Å². The molecular formula is C16H20N2O2S. The minimum absolute atomic E-state index is 0.00164. The molecule has 2 rings (SSSR count). The lowest BCUT2D eigenvalue weighted by atomic mass is 10.1. The number of carbonyl (C=O) groups is 1. The van der Waals surface area contributed by atoms with Crippen LogP contribution in [0.5, 0.6) is 0 Å². The van der Waals surface area contributed by atoms with E-state index >= 15 is 0 Å². The highest BCUT2D eigenvalue weighted by atomic mass is 32.1. The van der Waals surface area contributed by atoms with E-state index in [9.17, 15) is 4.79 Å². The smallest absolute Gasteiger partial charge is 0.270 e. The number of carbonyl (C=O) groups excluding carboxylic acids is 1. The maximum absolute atomic E-state index is 12.1. The molecule has 4 nitrogen and oxygen atoms in total. The summed E-state index contributed by atoms with van der Waals surface area (Å²) in [7, 11) is 0. The maximum atomic E-state index is 12.1. The van der Waals surface area contributed by atoms with Gasteiger partial charge in [-0.1, -0.05) is 37.3 Å². The second-order valence-corrected chi connectivity index (χ2v) is 5.82. The molecule has 21 heavy (non-hydrogen) atoms. The second-order valence-electron chi connectivity index (χ2n) is 4.88. The van der Waals surface area contributed by atoms with Crippen molar-refractivity contribution in [1.29, 1.82) is 0 Å². The molecule has 0 saturated heterocycles. The Bertz CT molecular complexity index is 569. The Morgan fingerprint density at radius 2 is 2.14 bits per heavy atom. The fraction of sp³-hybridized carbons (Fsp3) is 0.375. The number of nitrogens with zero attached hydrogens (tertiary/aromatic N) is 1. The molecular weight excluding hydrogens is 284 g/mol. The van der Waals surface area contributed by atoms with Crippen LogP contribution in [0.25, 0.3) is 0 Å². The summed E-state index contributed by atoms with van der Waals surface area (Å²) in [4.78, 5) is 16.5. The number of thiazole rings is 1. The van der Waals surface area contributed by atoms with Gasteiger partial charge in [0.2, 0.25) is 0 Å². The van der Waals surface area contributed by atoms with Crippen molar-refractivity contribution in [3.8, 4) is 0 Å². The fourth-order valence-electron chi connectivity index (χ4n) is 2.06. The van der Waals surface area contributed by atoms with Crippen LogP contribution in [0.3, 0.4) is 0 Å². The Balaban J connectivity index is 1.97. The Hall–Kier alpha value is -1.72. The molecule has 1 aromatic carbocycles. The zero-order chi connectivity index (χ0) is 15.1. The average molecular weight is 304 g/mol. The van der Waals surface area contributed by atoms with Gasteiger partial charge >= 0.3 is 0 Å². The van der Waals surface area contributed by atoms with Crippen molar-refractivity contribution in [2.24, 2.45) is 0 Å². The largest absolute Gasteiger partial charge is 0.396 e. The van der Waals surface area contributed by atoms with Crippen LogP contribution in [0, 0.1) is 0 Å². The van der Waals surface area contributed by atoms with E-state index in [-0.39, 0.29) is 18.6 Å². The Morgan fingerprint density at radius 3 is 2.81 bits per heavy atom. The van der Waals surface area contributed by atoms with Gasteiger partial charge in [-0.05, 0) is 18.4 Å². The number of benzene rings is 1. The predicted octanol–water partition coefficient (Wildman–Crippen LogP) is 2.62. The third-order valence-electron chi connectivity index (χ3n) is 3.29. The van der Waals surface area contributed by atoms with Crippen molar-refractivity contribution in [3.05, 3.63) is 52.0 Å². The molecule has 0 fully saturated rings. The van der Waals surface area contributed by atoms with E-state index in [1.807, 2.05) is 25.1 Å². The van der Waals surface area contributed by atoms with Crippen molar-refractivity contribution in [1.82, 2.24) is 10.3 Å². The van der Waals surface area contributed by atoms with Gasteiger partial charge in [0.15, 0.2) is 0 Å². The molecule has 0 bridgehead atoms. The molecule has 0 aliphatic carbocycles. The number of aliphatic hydroxyl groups excluding tert-OH is 1. The third kappa shape index (κ3) is 4.65. The molecule has 112 valence electrons. The number of nitrogens with one attached hydrogen (secondary N) is 1. The first-order chi connectivity index (χ1) is 10.2. The van der Waals surface area contributed by atoms with Crippen LogP contribution in [0.2, 0.25) is 0 Å². The summed E-state index contributed by atoms with van der Waals surface area (Å²) in [6, 6.07) is 10.1. The third-order valence-corrected chi connectivity index (χ3v) is 4.14. The van der Waals surface area contributed by atoms with Crippen LogP contribution in [0.15, 0.2) is 35.7 Å². The molecule has 0 spiro atoms. The number of rotatable bonds is 7. The summed E-state index contributed by atoms with van der Waals surface area (Å²) < 4.78 is 0. The summed E-state index contributed by atoms with van der Waals surface area (Å²) in [5.74, 6) is -0.161. The first-order valence-electron chi connectivity index (χ1n) is 7.13. The molecule has 2 aromatic rings. The van der Waals surface area contributed by atoms with Gasteiger partial charge in [0.25, 0.3) is 5.91 Å². The summed E-state index contributed by atoms with van der Waals surface area (Å²) in [5, 5.41) is 14.6. The van der Waals surface area contributed by atoms with Crippen LogP contribution < -0.4 is 5.32 Å². The Morgan fingerprint density at radius 1 is 1.38 bits per heavy atom. The second kappa shape index (κ2) is 7.90. The van der Waals surface area contributed by atoms with Crippen molar-refractivity contribution >= 4 is 17.2 Å². The minimum atomic E-state index is -0.161. The van der Waals surface area contributed by atoms with E-state index in [1.54, 1.807) is 5.38 Å². The summed E-state index contributed by atoms with van der Waals surface area (Å²) in [6.45, 7) is 2.07. The topological polar surface area (TPSA) is 62.2 Å². The molecule has 0 radical (unpaired) electrons. The van der Waals surface area contributed by atoms with E-state index in [4.69, 9.17) is 5.11 Å². The lowest BCUT2D eigenvalue weighted by molar-refractivity contribution is 0.0924. The molecule has 1 atom stereocenters. The molecule has 5 heteroatoms. The van der Waals surface area contributed by atoms with Crippen LogP contribution in [-0.2, 0) is 6.42 Å². The average Bonchev–Trinajstić information content (AvgIpc) is 2.96. The molecule has 2 N–H and O–H groups in total. The first kappa shape index (κ1) is 15.7. The van der Waals surface area contributed by atoms with E-state index in [2.05, 4.69) is 22.4 Å². The van der Waals surface area contributed by atoms with Gasteiger partial charge in [-0.15, -0.1) is 11.3 Å². The number of hydrogen-bond donors (Lipinski definition) is 2. The monoisotopic (exact) mass is 304 g/mol. The SMILES string of the molecule is CCC(CCO)NC(=O)c1csc(Cc2ccccc2)n1. The van der Waals surface area contributed by atoms with E-state index in [1.165, 1.54) is 16.9 Å². The van der Waals surface area contributed by atoms with Gasteiger partial charge in [0, 0.05) is 24.4 Å². The van der Waals surface area contributed by atoms with Gasteiger partial charge in [-0.2, -0.15) is 0 Å². The lowest BCUT2D eigenvalue weighted by Gasteiger charge is -2.14. The van der Waals surface area contributed by atoms with Crippen molar-refractivity contribution in [2.45, 2.75) is 32.2 Å². The fourth-order valence-corrected chi connectivity index (χ4v) is 2.87. The molecule has 1 amide bonds. The molecule has 0 aliphatic rings. The number of amides is 1. The van der Waals surface area contributed by atoms with Crippen molar-refractivity contribution < 1.29 is 9.90 Å². The van der Waals surface area contributed by atoms with Crippen molar-refractivity contribution in [3.63, 3.8) is 0 Å². The first-order valence-corrected chi connectivity index (χ1v) is 8.01. The number of aliphatic hydroxyl groups is 1. The summed E-state index contributed by atoms with van der Waals surface area (Å²) in [5.41, 5.74) is 1.65. The summed E-state index contributed by atoms with van der Waals surface area (Å²) >= 11 is 1.50. The highest BCUT2D eigenvalue weighted by Gasteiger charge is 2.14. The quantitative estimate of drug-likeness (QED) is 0.826. The normalized spacial score (nSPS) is 12.1. The van der Waals surface area contributed by atoms with E-state index in [0.29, 0.717) is 12.1 Å². The van der Waals surface area contributed by atoms with Gasteiger partial charge < -0.3 is 10.4 Å². The highest BCUT2D eigenvalue weighted by Crippen LogP contribution is 2.15. The standard InChI is InChI=1S/C16H20N2O2S/c1-2-13(8-9-19)17-16(20)14-11-21-15(18-14)10-12-6-4-3-5-7-12/h3-7,11,13,19H,2,8-10H2,1H3,(H,17,20). The van der Waals surface area contributed by atoms with E-state index in [0.717, 1.165) is 17.8 Å². The summed E-state index contributed by atoms with van der Waals surface area (Å²) in [6.07, 6.45) is 2.11. The predicted molar refractivity (Wildman–Crippen MR) is 84.6 cm³/mol. The van der Waals surface area contributed by atoms with E-state index < -0.39 is 0 Å². The van der Waals surface area contributed by atoms with Gasteiger partial charge in [-0.3, -0.25) is 4.79 Å². The highest BCUT2D eigenvalue weighted by molar-refractivity contribution is 7.09. The van der Waals surface area contributed by atoms with Gasteiger partial charge in [0.05, 0.1) is 5.01 Å². The van der Waals surface area contributed by atoms with Gasteiger partial charge in [-0.25, -0.2) is 4.98 Å². The van der Waals surface area contributed by atoms with Crippen molar-refractivity contribution in [2.75, 3.05) is 6.61 Å². The minimum Gasteiger partial charge on any atom is -0.396 e. The Kier molecular flexibility index (Phi) is 5.90. The van der Waals surface area contributed by atoms with Crippen LogP contribution >= 0.6 is 11.3 Å². The zero-order valence-electron chi connectivity index (χ0n) is 12.1. The van der Waals surface area contributed by atoms with Crippen LogP contribution in [-0.4, -0.2) is 28.6 Å². The zero-order valence-corrected chi connectivity index (χ0v) is 12.9. The molecule has 1 unspecified atom stereocenters. The van der Waals surface area contributed by atoms with Gasteiger partial charge in [0.1, 0.15) is 5.69 Å². The molecule has 0 aliphatic heterocycles. The molecule has 0 saturated carbocycles. The molecule has 1 heterocycles. The lowest BCUT2D eigenvalue weighted by Crippen LogP contribution is -2.35. The van der Waals surface area contributed by atoms with Crippen LogP contribution in [0.1, 0.15) is 40.8 Å². The maximum Gasteiger partial charge on any atom is 0.270 e. The number of aromatic nitrogens is 1.